The topological polar surface area (TPSA) is 25.2 Å². The zero-order valence-corrected chi connectivity index (χ0v) is 14.0. The summed E-state index contributed by atoms with van der Waals surface area (Å²) in [4.78, 5) is 0. The first-order valence-corrected chi connectivity index (χ1v) is 8.89. The SMILES string of the molecule is Cc1cc2c(o1)CC(C)(C)CC2NC1CCCCCCC1. The first-order chi connectivity index (χ1) is 10.0. The highest BCUT2D eigenvalue weighted by Crippen LogP contribution is 2.42. The summed E-state index contributed by atoms with van der Waals surface area (Å²) in [6, 6.07) is 3.46. The van der Waals surface area contributed by atoms with Gasteiger partial charge >= 0.3 is 0 Å². The molecule has 1 atom stereocenters. The molecule has 3 rings (SSSR count). The third kappa shape index (κ3) is 3.71. The summed E-state index contributed by atoms with van der Waals surface area (Å²) >= 11 is 0. The van der Waals surface area contributed by atoms with E-state index in [4.69, 9.17) is 4.42 Å². The summed E-state index contributed by atoms with van der Waals surface area (Å²) in [6.07, 6.45) is 12.1. The molecule has 118 valence electrons. The monoisotopic (exact) mass is 289 g/mol. The molecule has 0 aliphatic heterocycles. The lowest BCUT2D eigenvalue weighted by molar-refractivity contribution is 0.216. The third-order valence-electron chi connectivity index (χ3n) is 5.28. The molecule has 21 heavy (non-hydrogen) atoms. The Kier molecular flexibility index (Phi) is 4.44. The Bertz CT molecular complexity index is 466. The second-order valence-corrected chi connectivity index (χ2v) is 8.04. The Morgan fingerprint density at radius 2 is 1.76 bits per heavy atom. The van der Waals surface area contributed by atoms with E-state index in [-0.39, 0.29) is 0 Å². The number of furan rings is 1. The fraction of sp³-hybridized carbons (Fsp3) is 0.789. The van der Waals surface area contributed by atoms with Gasteiger partial charge in [-0.15, -0.1) is 0 Å². The predicted molar refractivity (Wildman–Crippen MR) is 87.5 cm³/mol. The summed E-state index contributed by atoms with van der Waals surface area (Å²) in [7, 11) is 0. The van der Waals surface area contributed by atoms with E-state index in [0.29, 0.717) is 17.5 Å². The molecule has 0 saturated heterocycles. The highest BCUT2D eigenvalue weighted by atomic mass is 16.3. The number of hydrogen-bond donors (Lipinski definition) is 1. The molecule has 0 bridgehead atoms. The Hall–Kier alpha value is -0.760. The molecule has 0 aromatic carbocycles. The minimum absolute atomic E-state index is 0.344. The Morgan fingerprint density at radius 1 is 1.10 bits per heavy atom. The molecule has 1 saturated carbocycles. The molecule has 2 aliphatic rings. The van der Waals surface area contributed by atoms with Gasteiger partial charge in [0.2, 0.25) is 0 Å². The van der Waals surface area contributed by atoms with Crippen molar-refractivity contribution in [3.05, 3.63) is 23.2 Å². The molecule has 2 nitrogen and oxygen atoms in total. The number of nitrogens with one attached hydrogen (secondary N) is 1. The second kappa shape index (κ2) is 6.16. The van der Waals surface area contributed by atoms with Crippen LogP contribution in [-0.2, 0) is 6.42 Å². The van der Waals surface area contributed by atoms with Gasteiger partial charge in [-0.1, -0.05) is 46.0 Å². The van der Waals surface area contributed by atoms with Gasteiger partial charge in [-0.25, -0.2) is 0 Å². The molecular weight excluding hydrogens is 258 g/mol. The van der Waals surface area contributed by atoms with E-state index in [0.717, 1.165) is 12.2 Å². The molecule has 2 aliphatic carbocycles. The van der Waals surface area contributed by atoms with Crippen molar-refractivity contribution >= 4 is 0 Å². The Labute approximate surface area is 129 Å². The second-order valence-electron chi connectivity index (χ2n) is 8.04. The largest absolute Gasteiger partial charge is 0.466 e. The standard InChI is InChI=1S/C19H31NO/c1-14-11-16-17(12-19(2,3)13-18(16)21-14)20-15-9-7-5-4-6-8-10-15/h11,15,17,20H,4-10,12-13H2,1-3H3. The predicted octanol–water partition coefficient (Wildman–Crippen LogP) is 5.30. The first kappa shape index (κ1) is 15.1. The van der Waals surface area contributed by atoms with Gasteiger partial charge in [0.25, 0.3) is 0 Å². The number of rotatable bonds is 2. The van der Waals surface area contributed by atoms with Gasteiger partial charge in [0.15, 0.2) is 0 Å². The quantitative estimate of drug-likeness (QED) is 0.798. The number of fused-ring (bicyclic) bond motifs is 1. The highest BCUT2D eigenvalue weighted by Gasteiger charge is 2.35. The molecule has 2 heteroatoms. The van der Waals surface area contributed by atoms with Crippen molar-refractivity contribution < 1.29 is 4.42 Å². The van der Waals surface area contributed by atoms with Gasteiger partial charge in [0, 0.05) is 24.1 Å². The van der Waals surface area contributed by atoms with Gasteiger partial charge < -0.3 is 9.73 Å². The average molecular weight is 289 g/mol. The van der Waals surface area contributed by atoms with Crippen LogP contribution in [0.15, 0.2) is 10.5 Å². The lowest BCUT2D eigenvalue weighted by Crippen LogP contribution is -2.38. The van der Waals surface area contributed by atoms with Crippen molar-refractivity contribution in [1.82, 2.24) is 5.32 Å². The lowest BCUT2D eigenvalue weighted by atomic mass is 9.74. The van der Waals surface area contributed by atoms with Crippen LogP contribution in [0.4, 0.5) is 0 Å². The molecule has 1 N–H and O–H groups in total. The van der Waals surface area contributed by atoms with E-state index in [2.05, 4.69) is 32.2 Å². The normalized spacial score (nSPS) is 26.9. The van der Waals surface area contributed by atoms with E-state index < -0.39 is 0 Å². The number of aryl methyl sites for hydroxylation is 1. The summed E-state index contributed by atoms with van der Waals surface area (Å²) in [5, 5.41) is 3.99. The van der Waals surface area contributed by atoms with Crippen molar-refractivity contribution in [1.29, 1.82) is 0 Å². The average Bonchev–Trinajstić information content (AvgIpc) is 2.71. The van der Waals surface area contributed by atoms with Crippen LogP contribution in [0.25, 0.3) is 0 Å². The molecule has 1 heterocycles. The Balaban J connectivity index is 1.74. The minimum atomic E-state index is 0.344. The molecule has 0 amide bonds. The zero-order chi connectivity index (χ0) is 14.9. The van der Waals surface area contributed by atoms with E-state index in [9.17, 15) is 0 Å². The molecule has 0 spiro atoms. The maximum absolute atomic E-state index is 5.97. The molecular formula is C19H31NO. The van der Waals surface area contributed by atoms with E-state index in [1.165, 1.54) is 62.7 Å². The van der Waals surface area contributed by atoms with Crippen LogP contribution >= 0.6 is 0 Å². The summed E-state index contributed by atoms with van der Waals surface area (Å²) in [5.74, 6) is 2.30. The molecule has 0 radical (unpaired) electrons. The van der Waals surface area contributed by atoms with Gasteiger partial charge in [-0.2, -0.15) is 0 Å². The van der Waals surface area contributed by atoms with Crippen molar-refractivity contribution in [3.8, 4) is 0 Å². The Morgan fingerprint density at radius 3 is 2.48 bits per heavy atom. The third-order valence-corrected chi connectivity index (χ3v) is 5.28. The number of hydrogen-bond acceptors (Lipinski definition) is 2. The van der Waals surface area contributed by atoms with Crippen LogP contribution in [0.2, 0.25) is 0 Å². The van der Waals surface area contributed by atoms with Crippen LogP contribution in [-0.4, -0.2) is 6.04 Å². The van der Waals surface area contributed by atoms with Crippen molar-refractivity contribution in [3.63, 3.8) is 0 Å². The van der Waals surface area contributed by atoms with Gasteiger partial charge in [0.05, 0.1) is 0 Å². The molecule has 1 fully saturated rings. The van der Waals surface area contributed by atoms with Crippen LogP contribution in [0.5, 0.6) is 0 Å². The molecule has 1 unspecified atom stereocenters. The van der Waals surface area contributed by atoms with Crippen LogP contribution < -0.4 is 5.32 Å². The first-order valence-electron chi connectivity index (χ1n) is 8.89. The van der Waals surface area contributed by atoms with Crippen molar-refractivity contribution in [2.24, 2.45) is 5.41 Å². The van der Waals surface area contributed by atoms with Crippen molar-refractivity contribution in [2.45, 2.75) is 90.6 Å². The van der Waals surface area contributed by atoms with Crippen molar-refractivity contribution in [2.75, 3.05) is 0 Å². The molecule has 1 aromatic rings. The fourth-order valence-electron chi connectivity index (χ4n) is 4.24. The highest BCUT2D eigenvalue weighted by molar-refractivity contribution is 5.29. The fourth-order valence-corrected chi connectivity index (χ4v) is 4.24. The van der Waals surface area contributed by atoms with Gasteiger partial charge in [0.1, 0.15) is 11.5 Å². The van der Waals surface area contributed by atoms with Crippen LogP contribution in [0.1, 0.15) is 88.3 Å². The van der Waals surface area contributed by atoms with E-state index in [1.54, 1.807) is 0 Å². The molecule has 1 aromatic heterocycles. The van der Waals surface area contributed by atoms with Gasteiger partial charge in [-0.3, -0.25) is 0 Å². The van der Waals surface area contributed by atoms with Gasteiger partial charge in [-0.05, 0) is 37.7 Å². The van der Waals surface area contributed by atoms with Crippen LogP contribution in [0, 0.1) is 12.3 Å². The maximum Gasteiger partial charge on any atom is 0.109 e. The summed E-state index contributed by atoms with van der Waals surface area (Å²) < 4.78 is 5.97. The maximum atomic E-state index is 5.97. The van der Waals surface area contributed by atoms with Crippen LogP contribution in [0.3, 0.4) is 0 Å². The van der Waals surface area contributed by atoms with E-state index in [1.807, 2.05) is 0 Å². The zero-order valence-electron chi connectivity index (χ0n) is 14.0. The lowest BCUT2D eigenvalue weighted by Gasteiger charge is -2.37. The smallest absolute Gasteiger partial charge is 0.109 e. The minimum Gasteiger partial charge on any atom is -0.466 e. The summed E-state index contributed by atoms with van der Waals surface area (Å²) in [6.45, 7) is 6.83. The van der Waals surface area contributed by atoms with E-state index >= 15 is 0 Å². The summed E-state index contributed by atoms with van der Waals surface area (Å²) in [5.41, 5.74) is 1.78.